The second-order valence-corrected chi connectivity index (χ2v) is 34.9. The molecule has 0 saturated carbocycles. The summed E-state index contributed by atoms with van der Waals surface area (Å²) in [6.45, 7) is 35.1. The highest BCUT2D eigenvalue weighted by Crippen LogP contribution is 2.32. The lowest BCUT2D eigenvalue weighted by molar-refractivity contribution is -0.123. The van der Waals surface area contributed by atoms with Crippen LogP contribution in [0.4, 0.5) is 0 Å². The Morgan fingerprint density at radius 2 is 0.556 bits per heavy atom. The maximum absolute atomic E-state index is 13.1. The fraction of sp³-hybridized carbons (Fsp3) is 0.486. The van der Waals surface area contributed by atoms with Crippen LogP contribution in [-0.4, -0.2) is 131 Å². The van der Waals surface area contributed by atoms with Crippen LogP contribution in [0.5, 0.6) is 23.0 Å². The Morgan fingerprint density at radius 3 is 0.794 bits per heavy atom. The minimum absolute atomic E-state index is 0.0387. The standard InChI is InChI=1S/C28H40N2O3.2C27H38N2O3.C25H36N2O2/c1-5-10-20(3)19-33-25-15-13-23(14-16-25)24(18-30-28(32)26(29)6-2)17-27(31)21(4)22-11-8-7-9-12-22;2*1-5-9-19(2)18-32-25-14-12-23(13-15-25)24(17-29-27(31)21(4)28)16-26(30)20(3)22-10-7-6-8-11-22;1-6-10-19(2)18-29-23-15-13-22(14-16-23)24(17-27(4)5)26-25(28)20(3)21-11-8-7-9-12-21/h7-9,11-16,20-21,24,26H,5-6,10,17-19,29H2,1-4H3,(H,30,32);2*6-8,10-15,19-21,24H,5,9,16-18,28H2,1-4H3,(H,29,31);7-9,11-16,19-20,24H,6,10,17-18H2,1-5H3,(H,26,28)/t20?,21-,24-,26-;2*19?,20-,21-,24-;19?,20-,24-/m0000/s1. The third-order valence-corrected chi connectivity index (χ3v) is 23.0. The number of nitrogens with one attached hydrogen (secondary N) is 4. The lowest BCUT2D eigenvalue weighted by atomic mass is 9.87. The predicted molar refractivity (Wildman–Crippen MR) is 515 cm³/mol. The first-order valence-corrected chi connectivity index (χ1v) is 46.1. The molecule has 686 valence electrons. The number of carbonyl (C=O) groups is 7. The molecule has 19 heteroatoms. The van der Waals surface area contributed by atoms with Crippen LogP contribution in [0, 0.1) is 23.7 Å². The number of rotatable bonds is 51. The van der Waals surface area contributed by atoms with E-state index in [1.54, 1.807) is 13.8 Å². The van der Waals surface area contributed by atoms with E-state index in [1.165, 1.54) is 12.8 Å². The Balaban J connectivity index is 0.000000298. The molecular weight excluding hydrogens is 1570 g/mol. The van der Waals surface area contributed by atoms with Gasteiger partial charge in [-0.1, -0.05) is 279 Å². The van der Waals surface area contributed by atoms with Gasteiger partial charge in [0, 0.05) is 80.9 Å². The van der Waals surface area contributed by atoms with Crippen LogP contribution in [0.2, 0.25) is 0 Å². The molecule has 4 amide bonds. The Hall–Kier alpha value is -10.3. The van der Waals surface area contributed by atoms with Gasteiger partial charge in [0.05, 0.1) is 56.5 Å². The Kier molecular flexibility index (Phi) is 49.6. The van der Waals surface area contributed by atoms with Crippen LogP contribution < -0.4 is 57.4 Å². The van der Waals surface area contributed by atoms with Crippen molar-refractivity contribution in [3.63, 3.8) is 0 Å². The summed E-state index contributed by atoms with van der Waals surface area (Å²) in [6.07, 6.45) is 10.8. The zero-order chi connectivity index (χ0) is 92.5. The molecule has 0 aliphatic rings. The molecule has 0 radical (unpaired) electrons. The number of hydrogen-bond acceptors (Lipinski definition) is 15. The highest BCUT2D eigenvalue weighted by atomic mass is 16.5. The molecule has 19 nitrogen and oxygen atoms in total. The smallest absolute Gasteiger partial charge is 0.236 e. The Morgan fingerprint density at radius 1 is 0.310 bits per heavy atom. The van der Waals surface area contributed by atoms with E-state index in [9.17, 15) is 33.6 Å². The number of nitrogens with zero attached hydrogens (tertiary/aromatic N) is 1. The number of ketones is 3. The maximum atomic E-state index is 13.1. The molecule has 0 saturated heterocycles. The van der Waals surface area contributed by atoms with E-state index in [1.807, 2.05) is 255 Å². The van der Waals surface area contributed by atoms with E-state index in [2.05, 4.69) is 93.7 Å². The summed E-state index contributed by atoms with van der Waals surface area (Å²) in [5, 5.41) is 11.9. The van der Waals surface area contributed by atoms with Crippen molar-refractivity contribution in [2.75, 3.05) is 66.7 Å². The Labute approximate surface area is 755 Å². The molecule has 126 heavy (non-hydrogen) atoms. The van der Waals surface area contributed by atoms with Crippen LogP contribution in [0.1, 0.15) is 273 Å². The molecule has 0 heterocycles. The number of hydrogen-bond donors (Lipinski definition) is 7. The van der Waals surface area contributed by atoms with Gasteiger partial charge in [-0.25, -0.2) is 0 Å². The molecule has 8 aromatic rings. The van der Waals surface area contributed by atoms with Crippen molar-refractivity contribution >= 4 is 41.0 Å². The summed E-state index contributed by atoms with van der Waals surface area (Å²) >= 11 is 0. The van der Waals surface area contributed by atoms with Gasteiger partial charge < -0.3 is 62.3 Å². The Bertz CT molecular complexity index is 4220. The molecule has 10 N–H and O–H groups in total. The van der Waals surface area contributed by atoms with Crippen molar-refractivity contribution < 1.29 is 52.5 Å². The van der Waals surface area contributed by atoms with E-state index >= 15 is 0 Å². The minimum atomic E-state index is -0.588. The molecule has 15 atom stereocenters. The van der Waals surface area contributed by atoms with Gasteiger partial charge in [0.2, 0.25) is 23.6 Å². The molecule has 0 aliphatic heterocycles. The first-order chi connectivity index (χ1) is 60.4. The topological polar surface area (TPSA) is 286 Å². The van der Waals surface area contributed by atoms with Gasteiger partial charge in [-0.2, -0.15) is 0 Å². The summed E-state index contributed by atoms with van der Waals surface area (Å²) in [5.74, 6) is 4.07. The molecule has 0 aromatic heterocycles. The van der Waals surface area contributed by atoms with Gasteiger partial charge in [-0.05, 0) is 184 Å². The number of benzene rings is 8. The normalized spacial score (nSPS) is 14.6. The minimum Gasteiger partial charge on any atom is -0.493 e. The van der Waals surface area contributed by atoms with Crippen molar-refractivity contribution in [1.29, 1.82) is 0 Å². The van der Waals surface area contributed by atoms with Crippen LogP contribution in [0.15, 0.2) is 218 Å². The summed E-state index contributed by atoms with van der Waals surface area (Å²) in [4.78, 5) is 90.5. The summed E-state index contributed by atoms with van der Waals surface area (Å²) < 4.78 is 23.7. The van der Waals surface area contributed by atoms with Crippen molar-refractivity contribution in [2.24, 2.45) is 40.9 Å². The average Bonchev–Trinajstić information content (AvgIpc) is 0.858. The van der Waals surface area contributed by atoms with Crippen molar-refractivity contribution in [3.05, 3.63) is 263 Å². The van der Waals surface area contributed by atoms with Gasteiger partial charge in [0.25, 0.3) is 0 Å². The van der Waals surface area contributed by atoms with E-state index < -0.39 is 18.1 Å². The van der Waals surface area contributed by atoms with E-state index in [4.69, 9.17) is 36.1 Å². The first kappa shape index (κ1) is 106. The molecule has 0 fully saturated rings. The fourth-order valence-electron chi connectivity index (χ4n) is 14.6. The molecule has 0 bridgehead atoms. The number of carbonyl (C=O) groups excluding carboxylic acids is 7. The van der Waals surface area contributed by atoms with Crippen molar-refractivity contribution in [3.8, 4) is 23.0 Å². The highest BCUT2D eigenvalue weighted by molar-refractivity contribution is 5.88. The van der Waals surface area contributed by atoms with Crippen LogP contribution in [-0.2, 0) is 33.6 Å². The third-order valence-electron chi connectivity index (χ3n) is 23.0. The lowest BCUT2D eigenvalue weighted by Crippen LogP contribution is -2.41. The lowest BCUT2D eigenvalue weighted by Gasteiger charge is -2.25. The fourth-order valence-corrected chi connectivity index (χ4v) is 14.6. The maximum Gasteiger partial charge on any atom is 0.236 e. The predicted octanol–water partition coefficient (Wildman–Crippen LogP) is 19.8. The second-order valence-electron chi connectivity index (χ2n) is 34.9. The van der Waals surface area contributed by atoms with Crippen molar-refractivity contribution in [2.45, 2.75) is 246 Å². The zero-order valence-corrected chi connectivity index (χ0v) is 78.8. The van der Waals surface area contributed by atoms with Gasteiger partial charge in [-0.3, -0.25) is 33.6 Å². The largest absolute Gasteiger partial charge is 0.493 e. The number of amides is 4. The molecule has 0 spiro atoms. The summed E-state index contributed by atoms with van der Waals surface area (Å²) in [6, 6.07) is 69.2. The van der Waals surface area contributed by atoms with Crippen LogP contribution >= 0.6 is 0 Å². The van der Waals surface area contributed by atoms with Crippen LogP contribution in [0.25, 0.3) is 0 Å². The van der Waals surface area contributed by atoms with Gasteiger partial charge in [0.15, 0.2) is 0 Å². The van der Waals surface area contributed by atoms with Gasteiger partial charge >= 0.3 is 0 Å². The summed E-state index contributed by atoms with van der Waals surface area (Å²) in [7, 11) is 4.04. The number of nitrogens with two attached hydrogens (primary N) is 3. The first-order valence-electron chi connectivity index (χ1n) is 46.1. The molecular formula is C107H152N8O11. The molecule has 0 aliphatic carbocycles. The number of ether oxygens (including phenoxy) is 4. The number of Topliss-reactive ketones (excluding diaryl/α,β-unsaturated/α-hetero) is 3. The van der Waals surface area contributed by atoms with Gasteiger partial charge in [-0.15, -0.1) is 0 Å². The second kappa shape index (κ2) is 58.9. The van der Waals surface area contributed by atoms with Gasteiger partial charge in [0.1, 0.15) is 40.3 Å². The highest BCUT2D eigenvalue weighted by Gasteiger charge is 2.28. The van der Waals surface area contributed by atoms with E-state index in [-0.39, 0.29) is 88.4 Å². The van der Waals surface area contributed by atoms with E-state index in [0.29, 0.717) is 88.8 Å². The zero-order valence-electron chi connectivity index (χ0n) is 78.8. The van der Waals surface area contributed by atoms with Crippen LogP contribution in [0.3, 0.4) is 0 Å². The van der Waals surface area contributed by atoms with E-state index in [0.717, 1.165) is 119 Å². The quantitative estimate of drug-likeness (QED) is 0.0187. The SMILES string of the molecule is CCCC(C)COc1ccc([C@H](CN(C)C)NC(=O)[C@@H](C)c2ccccc2)cc1.CCCC(C)COc1ccc([C@H](CNC(=O)[C@@H](N)CC)CC(=O)[C@@H](C)c2ccccc2)cc1.CCCC(C)COc1ccc([C@H](CNC(=O)[C@H](C)N)CC(=O)[C@@H](C)c2ccccc2)cc1.CCCC(C)COc1ccc([C@H](CNC(=O)[C@H](C)N)CC(=O)[C@@H](C)c2ccccc2)cc1. The molecule has 8 aromatic carbocycles. The third kappa shape index (κ3) is 39.7. The van der Waals surface area contributed by atoms with Crippen molar-refractivity contribution in [1.82, 2.24) is 26.2 Å². The monoisotopic (exact) mass is 1730 g/mol. The molecule has 8 rings (SSSR count). The summed E-state index contributed by atoms with van der Waals surface area (Å²) in [5.41, 5.74) is 25.4. The molecule has 4 unspecified atom stereocenters. The average molecular weight is 1730 g/mol. The number of likely N-dealkylation sites (N-methyl/N-ethyl adjacent to an activating group) is 1.